The first-order chi connectivity index (χ1) is 18.9. The van der Waals surface area contributed by atoms with Crippen molar-refractivity contribution in [1.82, 2.24) is 14.8 Å². The highest BCUT2D eigenvalue weighted by Gasteiger charge is 2.34. The van der Waals surface area contributed by atoms with Crippen molar-refractivity contribution in [1.29, 1.82) is 0 Å². The first kappa shape index (κ1) is 30.8. The zero-order chi connectivity index (χ0) is 29.3. The van der Waals surface area contributed by atoms with Gasteiger partial charge < -0.3 is 5.32 Å². The third-order valence-corrected chi connectivity index (χ3v) is 6.38. The predicted molar refractivity (Wildman–Crippen MR) is 138 cm³/mol. The third kappa shape index (κ3) is 9.20. The molecule has 216 valence electrons. The van der Waals surface area contributed by atoms with Crippen LogP contribution in [-0.2, 0) is 17.5 Å². The Kier molecular flexibility index (Phi) is 10.9. The molecule has 4 rings (SSSR count). The number of carbonyl (C=O) groups excluding carboxylic acids is 1. The number of hydrogen-bond acceptors (Lipinski definition) is 4. The summed E-state index contributed by atoms with van der Waals surface area (Å²) < 4.78 is 77.9. The van der Waals surface area contributed by atoms with Gasteiger partial charge in [-0.25, -0.2) is 17.9 Å². The van der Waals surface area contributed by atoms with Crippen LogP contribution in [-0.4, -0.2) is 27.1 Å². The summed E-state index contributed by atoms with van der Waals surface area (Å²) in [6, 6.07) is 9.92. The van der Waals surface area contributed by atoms with Gasteiger partial charge in [0.15, 0.2) is 5.82 Å². The highest BCUT2D eigenvalue weighted by molar-refractivity contribution is 5.89. The standard InChI is InChI=1S/C21H23F5N4O2.C7H7F/c22-17(23)8-9-19(31)28-18-11-14(13-5-2-1-3-6-13)20(32)30(29-18)12-16-15(21(24,25)26)7-4-10-27-16;1-6-3-2-4-7(8)5-6/h4,7,10-11,13,17H,1-3,5-6,8-9,12H2,(H,28,29,31);2-5H,1H3. The van der Waals surface area contributed by atoms with Crippen LogP contribution in [0.25, 0.3) is 0 Å². The molecule has 1 fully saturated rings. The molecule has 1 aliphatic rings. The fraction of sp³-hybridized carbons (Fsp3) is 0.429. The average molecular weight is 569 g/mol. The van der Waals surface area contributed by atoms with Gasteiger partial charge in [-0.05, 0) is 61.6 Å². The summed E-state index contributed by atoms with van der Waals surface area (Å²) in [6.45, 7) is 1.32. The van der Waals surface area contributed by atoms with Crippen molar-refractivity contribution in [3.63, 3.8) is 0 Å². The second kappa shape index (κ2) is 14.1. The smallest absolute Gasteiger partial charge is 0.309 e. The third-order valence-electron chi connectivity index (χ3n) is 6.38. The van der Waals surface area contributed by atoms with Gasteiger partial charge in [-0.2, -0.15) is 18.3 Å². The zero-order valence-electron chi connectivity index (χ0n) is 21.9. The van der Waals surface area contributed by atoms with Crippen molar-refractivity contribution < 1.29 is 31.1 Å². The van der Waals surface area contributed by atoms with Crippen LogP contribution in [0, 0.1) is 12.7 Å². The first-order valence-electron chi connectivity index (χ1n) is 12.9. The molecular weight excluding hydrogens is 538 g/mol. The van der Waals surface area contributed by atoms with Crippen LogP contribution in [0.1, 0.15) is 73.2 Å². The Hall–Kier alpha value is -3.70. The second-order valence-electron chi connectivity index (χ2n) is 9.56. The Morgan fingerprint density at radius 2 is 1.82 bits per heavy atom. The molecule has 1 N–H and O–H groups in total. The molecule has 0 radical (unpaired) electrons. The number of hydrogen-bond donors (Lipinski definition) is 1. The minimum absolute atomic E-state index is 0.0612. The molecule has 0 spiro atoms. The van der Waals surface area contributed by atoms with E-state index in [-0.39, 0.29) is 23.2 Å². The van der Waals surface area contributed by atoms with E-state index in [1.54, 1.807) is 6.07 Å². The normalized spacial score (nSPS) is 14.0. The summed E-state index contributed by atoms with van der Waals surface area (Å²) in [7, 11) is 0. The summed E-state index contributed by atoms with van der Waals surface area (Å²) >= 11 is 0. The minimum atomic E-state index is -4.67. The zero-order valence-corrected chi connectivity index (χ0v) is 21.9. The van der Waals surface area contributed by atoms with Gasteiger partial charge in [0, 0.05) is 24.6 Å². The van der Waals surface area contributed by atoms with Crippen molar-refractivity contribution in [2.45, 2.75) is 76.9 Å². The molecule has 1 aliphatic carbocycles. The number of nitrogens with one attached hydrogen (secondary N) is 1. The van der Waals surface area contributed by atoms with Crippen molar-refractivity contribution in [2.24, 2.45) is 0 Å². The molecule has 12 heteroatoms. The number of nitrogens with zero attached hydrogens (tertiary/aromatic N) is 3. The number of rotatable bonds is 7. The molecule has 1 aromatic carbocycles. The molecule has 1 saturated carbocycles. The number of benzene rings is 1. The Morgan fingerprint density at radius 3 is 2.42 bits per heavy atom. The van der Waals surface area contributed by atoms with Crippen LogP contribution < -0.4 is 10.9 Å². The molecule has 1 amide bonds. The lowest BCUT2D eigenvalue weighted by Crippen LogP contribution is -2.31. The molecule has 0 atom stereocenters. The van der Waals surface area contributed by atoms with E-state index in [0.29, 0.717) is 5.56 Å². The summed E-state index contributed by atoms with van der Waals surface area (Å²) in [4.78, 5) is 28.9. The molecule has 0 aliphatic heterocycles. The fourth-order valence-electron chi connectivity index (χ4n) is 4.45. The number of anilines is 1. The van der Waals surface area contributed by atoms with Gasteiger partial charge in [-0.1, -0.05) is 31.4 Å². The number of aryl methyl sites for hydroxylation is 1. The van der Waals surface area contributed by atoms with Crippen molar-refractivity contribution in [3.05, 3.63) is 87.2 Å². The Balaban J connectivity index is 0.000000472. The van der Waals surface area contributed by atoms with Crippen LogP contribution in [0.3, 0.4) is 0 Å². The first-order valence-corrected chi connectivity index (χ1v) is 12.9. The molecule has 0 bridgehead atoms. The second-order valence-corrected chi connectivity index (χ2v) is 9.56. The molecule has 2 aromatic heterocycles. The maximum atomic E-state index is 13.4. The quantitative estimate of drug-likeness (QED) is 0.316. The fourth-order valence-corrected chi connectivity index (χ4v) is 4.45. The molecule has 6 nitrogen and oxygen atoms in total. The number of pyridine rings is 1. The van der Waals surface area contributed by atoms with E-state index in [0.717, 1.165) is 54.5 Å². The Bertz CT molecular complexity index is 1320. The van der Waals surface area contributed by atoms with Gasteiger partial charge >= 0.3 is 6.18 Å². The van der Waals surface area contributed by atoms with Crippen LogP contribution >= 0.6 is 0 Å². The lowest BCUT2D eigenvalue weighted by molar-refractivity contribution is -0.138. The molecular formula is C28H30F6N4O2. The maximum absolute atomic E-state index is 13.4. The van der Waals surface area contributed by atoms with Crippen LogP contribution in [0.2, 0.25) is 0 Å². The lowest BCUT2D eigenvalue weighted by Gasteiger charge is -2.22. The van der Waals surface area contributed by atoms with E-state index >= 15 is 0 Å². The Morgan fingerprint density at radius 1 is 1.10 bits per heavy atom. The summed E-state index contributed by atoms with van der Waals surface area (Å²) in [5, 5.41) is 6.38. The van der Waals surface area contributed by atoms with Crippen LogP contribution in [0.15, 0.2) is 53.5 Å². The van der Waals surface area contributed by atoms with E-state index in [4.69, 9.17) is 0 Å². The average Bonchev–Trinajstić information content (AvgIpc) is 2.90. The number of carbonyl (C=O) groups is 1. The van der Waals surface area contributed by atoms with Gasteiger partial charge in [0.25, 0.3) is 5.56 Å². The van der Waals surface area contributed by atoms with Gasteiger partial charge in [0.2, 0.25) is 12.3 Å². The minimum Gasteiger partial charge on any atom is -0.309 e. The largest absolute Gasteiger partial charge is 0.418 e. The van der Waals surface area contributed by atoms with Crippen molar-refractivity contribution in [2.75, 3.05) is 5.32 Å². The van der Waals surface area contributed by atoms with E-state index in [1.807, 2.05) is 13.0 Å². The predicted octanol–water partition coefficient (Wildman–Crippen LogP) is 6.87. The highest BCUT2D eigenvalue weighted by atomic mass is 19.4. The van der Waals surface area contributed by atoms with Crippen molar-refractivity contribution in [3.8, 4) is 0 Å². The number of halogens is 6. The monoisotopic (exact) mass is 568 g/mol. The highest BCUT2D eigenvalue weighted by Crippen LogP contribution is 2.33. The number of aromatic nitrogens is 3. The topological polar surface area (TPSA) is 76.9 Å². The summed E-state index contributed by atoms with van der Waals surface area (Å²) in [5.41, 5.74) is -0.621. The van der Waals surface area contributed by atoms with E-state index in [2.05, 4.69) is 15.4 Å². The molecule has 0 unspecified atom stereocenters. The molecule has 2 heterocycles. The van der Waals surface area contributed by atoms with Crippen LogP contribution in [0.4, 0.5) is 32.2 Å². The maximum Gasteiger partial charge on any atom is 0.418 e. The molecule has 40 heavy (non-hydrogen) atoms. The number of alkyl halides is 5. The SMILES string of the molecule is Cc1cccc(F)c1.O=C(CCC(F)F)Nc1cc(C2CCCCC2)c(=O)n(Cc2ncccc2C(F)(F)F)n1. The van der Waals surface area contributed by atoms with Crippen LogP contribution in [0.5, 0.6) is 0 Å². The summed E-state index contributed by atoms with van der Waals surface area (Å²) in [6.07, 6.45) is -2.92. The van der Waals surface area contributed by atoms with Gasteiger partial charge in [0.05, 0.1) is 17.8 Å². The van der Waals surface area contributed by atoms with Crippen molar-refractivity contribution >= 4 is 11.7 Å². The van der Waals surface area contributed by atoms with E-state index in [9.17, 15) is 35.9 Å². The van der Waals surface area contributed by atoms with Gasteiger partial charge in [-0.15, -0.1) is 0 Å². The molecule has 3 aromatic rings. The lowest BCUT2D eigenvalue weighted by atomic mass is 9.85. The van der Waals surface area contributed by atoms with E-state index in [1.165, 1.54) is 24.4 Å². The number of amides is 1. The Labute approximate surface area is 227 Å². The van der Waals surface area contributed by atoms with Gasteiger partial charge in [0.1, 0.15) is 5.82 Å². The van der Waals surface area contributed by atoms with Gasteiger partial charge in [-0.3, -0.25) is 14.6 Å². The summed E-state index contributed by atoms with van der Waals surface area (Å²) in [5.74, 6) is -1.06. The molecule has 0 saturated heterocycles. The van der Waals surface area contributed by atoms with E-state index < -0.39 is 49.0 Å².